The molecule has 0 aliphatic carbocycles. The fourth-order valence-electron chi connectivity index (χ4n) is 2.21. The van der Waals surface area contributed by atoms with Gasteiger partial charge in [0.1, 0.15) is 0 Å². The number of hydrogen-bond donors (Lipinski definition) is 1. The van der Waals surface area contributed by atoms with E-state index in [9.17, 15) is 8.42 Å². The molecule has 0 spiro atoms. The first-order chi connectivity index (χ1) is 9.09. The number of nitrogens with zero attached hydrogens (tertiary/aromatic N) is 1. The zero-order chi connectivity index (χ0) is 13.9. The Balaban J connectivity index is 2.29. The van der Waals surface area contributed by atoms with Crippen LogP contribution < -0.4 is 5.32 Å². The SMILES string of the molecule is CCC1COCCN1S(=O)(=O)c1ccc(NC)cc1. The van der Waals surface area contributed by atoms with Gasteiger partial charge in [0, 0.05) is 25.3 Å². The van der Waals surface area contributed by atoms with E-state index < -0.39 is 10.0 Å². The lowest BCUT2D eigenvalue weighted by Crippen LogP contribution is -2.48. The number of morpholine rings is 1. The topological polar surface area (TPSA) is 58.6 Å². The molecule has 5 nitrogen and oxygen atoms in total. The number of ether oxygens (including phenoxy) is 1. The minimum atomic E-state index is -3.42. The Labute approximate surface area is 114 Å². The second kappa shape index (κ2) is 5.90. The van der Waals surface area contributed by atoms with Gasteiger partial charge in [0.25, 0.3) is 0 Å². The smallest absolute Gasteiger partial charge is 0.243 e. The molecule has 6 heteroatoms. The molecule has 0 radical (unpaired) electrons. The zero-order valence-corrected chi connectivity index (χ0v) is 12.1. The largest absolute Gasteiger partial charge is 0.388 e. The lowest BCUT2D eigenvalue weighted by atomic mass is 10.2. The van der Waals surface area contributed by atoms with Crippen molar-refractivity contribution in [2.24, 2.45) is 0 Å². The summed E-state index contributed by atoms with van der Waals surface area (Å²) >= 11 is 0. The van der Waals surface area contributed by atoms with Gasteiger partial charge in [-0.05, 0) is 30.7 Å². The monoisotopic (exact) mass is 284 g/mol. The van der Waals surface area contributed by atoms with Crippen molar-refractivity contribution in [3.05, 3.63) is 24.3 Å². The molecule has 1 fully saturated rings. The highest BCUT2D eigenvalue weighted by Crippen LogP contribution is 2.23. The molecule has 1 N–H and O–H groups in total. The van der Waals surface area contributed by atoms with Crippen molar-refractivity contribution in [3.8, 4) is 0 Å². The summed E-state index contributed by atoms with van der Waals surface area (Å²) < 4.78 is 32.1. The number of nitrogens with one attached hydrogen (secondary N) is 1. The molecule has 1 heterocycles. The van der Waals surface area contributed by atoms with E-state index in [-0.39, 0.29) is 6.04 Å². The van der Waals surface area contributed by atoms with Gasteiger partial charge >= 0.3 is 0 Å². The molecule has 0 bridgehead atoms. The van der Waals surface area contributed by atoms with Crippen LogP contribution in [0, 0.1) is 0 Å². The van der Waals surface area contributed by atoms with Crippen molar-refractivity contribution in [2.75, 3.05) is 32.1 Å². The number of hydrogen-bond acceptors (Lipinski definition) is 4. The Hall–Kier alpha value is -1.11. The molecule has 1 aliphatic heterocycles. The van der Waals surface area contributed by atoms with Gasteiger partial charge in [0.15, 0.2) is 0 Å². The standard InChI is InChI=1S/C13H20N2O3S/c1-3-12-10-18-9-8-15(12)19(16,17)13-6-4-11(14-2)5-7-13/h4-7,12,14H,3,8-10H2,1-2H3. The van der Waals surface area contributed by atoms with Crippen LogP contribution in [0.25, 0.3) is 0 Å². The molecule has 106 valence electrons. The maximum absolute atomic E-state index is 12.6. The van der Waals surface area contributed by atoms with Crippen LogP contribution in [-0.4, -0.2) is 45.6 Å². The van der Waals surface area contributed by atoms with Gasteiger partial charge in [-0.3, -0.25) is 0 Å². The lowest BCUT2D eigenvalue weighted by molar-refractivity contribution is 0.0314. The summed E-state index contributed by atoms with van der Waals surface area (Å²) in [6, 6.07) is 6.76. The third-order valence-corrected chi connectivity index (χ3v) is 5.36. The summed E-state index contributed by atoms with van der Waals surface area (Å²) in [6.07, 6.45) is 0.758. The van der Waals surface area contributed by atoms with E-state index >= 15 is 0 Å². The Bertz CT molecular complexity index is 513. The van der Waals surface area contributed by atoms with Crippen LogP contribution >= 0.6 is 0 Å². The van der Waals surface area contributed by atoms with Gasteiger partial charge in [-0.1, -0.05) is 6.92 Å². The number of benzene rings is 1. The molecule has 0 saturated carbocycles. The number of sulfonamides is 1. The fraction of sp³-hybridized carbons (Fsp3) is 0.538. The molecule has 1 aliphatic rings. The third kappa shape index (κ3) is 2.91. The lowest BCUT2D eigenvalue weighted by Gasteiger charge is -2.33. The maximum Gasteiger partial charge on any atom is 0.243 e. The minimum absolute atomic E-state index is 0.0669. The van der Waals surface area contributed by atoms with Crippen molar-refractivity contribution in [1.82, 2.24) is 4.31 Å². The van der Waals surface area contributed by atoms with Crippen LogP contribution in [0.4, 0.5) is 5.69 Å². The Morgan fingerprint density at radius 3 is 2.63 bits per heavy atom. The van der Waals surface area contributed by atoms with Gasteiger partial charge in [0.05, 0.1) is 18.1 Å². The average Bonchev–Trinajstić information content (AvgIpc) is 2.47. The highest BCUT2D eigenvalue weighted by atomic mass is 32.2. The molecule has 19 heavy (non-hydrogen) atoms. The Kier molecular flexibility index (Phi) is 4.44. The Morgan fingerprint density at radius 2 is 2.05 bits per heavy atom. The van der Waals surface area contributed by atoms with Crippen LogP contribution in [0.2, 0.25) is 0 Å². The van der Waals surface area contributed by atoms with Crippen molar-refractivity contribution < 1.29 is 13.2 Å². The van der Waals surface area contributed by atoms with Crippen LogP contribution in [0.3, 0.4) is 0 Å². The fourth-order valence-corrected chi connectivity index (χ4v) is 3.87. The summed E-state index contributed by atoms with van der Waals surface area (Å²) in [6.45, 7) is 3.34. The second-order valence-corrected chi connectivity index (χ2v) is 6.42. The Morgan fingerprint density at radius 1 is 1.37 bits per heavy atom. The highest BCUT2D eigenvalue weighted by Gasteiger charge is 2.32. The molecular weight excluding hydrogens is 264 g/mol. The molecule has 1 aromatic carbocycles. The molecule has 1 atom stereocenters. The average molecular weight is 284 g/mol. The number of rotatable bonds is 4. The van der Waals surface area contributed by atoms with Crippen LogP contribution in [0.15, 0.2) is 29.2 Å². The molecule has 1 unspecified atom stereocenters. The molecule has 0 amide bonds. The number of anilines is 1. The molecular formula is C13H20N2O3S. The summed E-state index contributed by atoms with van der Waals surface area (Å²) in [5.41, 5.74) is 0.896. The molecule has 2 rings (SSSR count). The predicted octanol–water partition coefficient (Wildman–Crippen LogP) is 1.53. The summed E-state index contributed by atoms with van der Waals surface area (Å²) in [7, 11) is -1.62. The summed E-state index contributed by atoms with van der Waals surface area (Å²) in [4.78, 5) is 0.340. The normalized spacial score (nSPS) is 21.3. The van der Waals surface area contributed by atoms with E-state index in [1.165, 1.54) is 0 Å². The highest BCUT2D eigenvalue weighted by molar-refractivity contribution is 7.89. The third-order valence-electron chi connectivity index (χ3n) is 3.39. The van der Waals surface area contributed by atoms with E-state index in [2.05, 4.69) is 5.32 Å². The maximum atomic E-state index is 12.6. The van der Waals surface area contributed by atoms with Gasteiger partial charge in [0.2, 0.25) is 10.0 Å². The van der Waals surface area contributed by atoms with E-state index in [4.69, 9.17) is 4.74 Å². The van der Waals surface area contributed by atoms with Crippen molar-refractivity contribution >= 4 is 15.7 Å². The van der Waals surface area contributed by atoms with Crippen molar-refractivity contribution in [3.63, 3.8) is 0 Å². The van der Waals surface area contributed by atoms with Crippen molar-refractivity contribution in [2.45, 2.75) is 24.3 Å². The summed E-state index contributed by atoms with van der Waals surface area (Å²) in [5.74, 6) is 0. The summed E-state index contributed by atoms with van der Waals surface area (Å²) in [5, 5.41) is 2.98. The van der Waals surface area contributed by atoms with E-state index in [0.717, 1.165) is 12.1 Å². The van der Waals surface area contributed by atoms with E-state index in [0.29, 0.717) is 24.7 Å². The second-order valence-electron chi connectivity index (χ2n) is 4.53. The van der Waals surface area contributed by atoms with Gasteiger partial charge in [-0.15, -0.1) is 0 Å². The van der Waals surface area contributed by atoms with Crippen molar-refractivity contribution in [1.29, 1.82) is 0 Å². The minimum Gasteiger partial charge on any atom is -0.388 e. The predicted molar refractivity (Wildman–Crippen MR) is 74.8 cm³/mol. The van der Waals surface area contributed by atoms with E-state index in [1.54, 1.807) is 35.6 Å². The molecule has 0 aromatic heterocycles. The first-order valence-electron chi connectivity index (χ1n) is 6.47. The molecule has 1 saturated heterocycles. The van der Waals surface area contributed by atoms with E-state index in [1.807, 2.05) is 6.92 Å². The quantitative estimate of drug-likeness (QED) is 0.911. The molecule has 1 aromatic rings. The first kappa shape index (κ1) is 14.3. The first-order valence-corrected chi connectivity index (χ1v) is 7.91. The zero-order valence-electron chi connectivity index (χ0n) is 11.3. The van der Waals surface area contributed by atoms with Gasteiger partial charge in [-0.25, -0.2) is 8.42 Å². The van der Waals surface area contributed by atoms with Gasteiger partial charge < -0.3 is 10.1 Å². The van der Waals surface area contributed by atoms with Crippen LogP contribution in [0.5, 0.6) is 0 Å². The van der Waals surface area contributed by atoms with Gasteiger partial charge in [-0.2, -0.15) is 4.31 Å². The van der Waals surface area contributed by atoms with Crippen LogP contribution in [-0.2, 0) is 14.8 Å². The van der Waals surface area contributed by atoms with Crippen LogP contribution in [0.1, 0.15) is 13.3 Å².